The highest BCUT2D eigenvalue weighted by atomic mass is 16.7. The van der Waals surface area contributed by atoms with E-state index in [9.17, 15) is 9.59 Å². The van der Waals surface area contributed by atoms with Crippen molar-refractivity contribution in [2.45, 2.75) is 40.5 Å². The Balaban J connectivity index is -0.000000139. The van der Waals surface area contributed by atoms with Crippen molar-refractivity contribution in [3.8, 4) is 0 Å². The molecule has 0 unspecified atom stereocenters. The standard InChI is InChI=1S/C7H12O2.C6H10O3.C5H10O.C3H6/c1-3-5-6-7(8)9-4-2;1-3-5-9-6(7)8-4-2;1-3-5-6-4-2;1-3-2/h3H,1,4-6H2,2H3;3H,1,4-5H2,2H3;3H,1,4-5H2,2H3;3H,1H2,2H3. The van der Waals surface area contributed by atoms with Gasteiger partial charge in [-0.2, -0.15) is 0 Å². The number of rotatable bonds is 10. The summed E-state index contributed by atoms with van der Waals surface area (Å²) >= 11 is 0. The molecule has 0 aromatic rings. The smallest absolute Gasteiger partial charge is 0.466 e. The minimum atomic E-state index is -0.641. The van der Waals surface area contributed by atoms with E-state index in [2.05, 4.69) is 40.5 Å². The molecule has 6 heteroatoms. The van der Waals surface area contributed by atoms with Crippen molar-refractivity contribution in [3.05, 3.63) is 50.6 Å². The van der Waals surface area contributed by atoms with Gasteiger partial charge in [-0.15, -0.1) is 19.7 Å². The van der Waals surface area contributed by atoms with E-state index in [4.69, 9.17) is 4.74 Å². The fraction of sp³-hybridized carbons (Fsp3) is 0.524. The molecule has 0 aliphatic carbocycles. The van der Waals surface area contributed by atoms with Crippen molar-refractivity contribution in [1.82, 2.24) is 0 Å². The second-order valence-corrected chi connectivity index (χ2v) is 4.27. The Morgan fingerprint density at radius 2 is 1.30 bits per heavy atom. The number of esters is 1. The normalized spacial score (nSPS) is 7.85. The van der Waals surface area contributed by atoms with Crippen LogP contribution in [0.4, 0.5) is 4.79 Å². The van der Waals surface area contributed by atoms with Crippen LogP contribution in [0, 0.1) is 0 Å². The fourth-order valence-corrected chi connectivity index (χ4v) is 0.941. The number of carbonyl (C=O) groups is 2. The van der Waals surface area contributed by atoms with Crippen LogP contribution in [0.15, 0.2) is 50.6 Å². The molecule has 0 atom stereocenters. The molecular weight excluding hydrogens is 348 g/mol. The van der Waals surface area contributed by atoms with Gasteiger partial charge in [0.05, 0.1) is 19.8 Å². The minimum Gasteiger partial charge on any atom is -0.466 e. The molecule has 0 rings (SSSR count). The van der Waals surface area contributed by atoms with Crippen LogP contribution < -0.4 is 0 Å². The van der Waals surface area contributed by atoms with Crippen molar-refractivity contribution >= 4 is 12.1 Å². The van der Waals surface area contributed by atoms with Gasteiger partial charge in [-0.1, -0.05) is 30.9 Å². The average Bonchev–Trinajstić information content (AvgIpc) is 2.65. The van der Waals surface area contributed by atoms with E-state index < -0.39 is 6.16 Å². The third-order valence-electron chi connectivity index (χ3n) is 1.88. The number of hydrogen-bond donors (Lipinski definition) is 0. The van der Waals surface area contributed by atoms with E-state index in [1.807, 2.05) is 13.8 Å². The molecule has 0 aromatic carbocycles. The van der Waals surface area contributed by atoms with Gasteiger partial charge >= 0.3 is 12.1 Å². The number of hydrogen-bond acceptors (Lipinski definition) is 6. The summed E-state index contributed by atoms with van der Waals surface area (Å²) in [7, 11) is 0. The average molecular weight is 387 g/mol. The van der Waals surface area contributed by atoms with Crippen molar-refractivity contribution < 1.29 is 28.5 Å². The summed E-state index contributed by atoms with van der Waals surface area (Å²) in [6.07, 6.45) is 7.20. The second-order valence-electron chi connectivity index (χ2n) is 4.27. The predicted octanol–water partition coefficient (Wildman–Crippen LogP) is 5.26. The zero-order valence-corrected chi connectivity index (χ0v) is 17.5. The topological polar surface area (TPSA) is 71.1 Å². The van der Waals surface area contributed by atoms with Crippen LogP contribution in [0.3, 0.4) is 0 Å². The lowest BCUT2D eigenvalue weighted by Crippen LogP contribution is -2.06. The fourth-order valence-electron chi connectivity index (χ4n) is 0.941. The van der Waals surface area contributed by atoms with Crippen LogP contribution in [0.25, 0.3) is 0 Å². The lowest BCUT2D eigenvalue weighted by atomic mass is 10.3. The van der Waals surface area contributed by atoms with Crippen LogP contribution in [0.2, 0.25) is 0 Å². The summed E-state index contributed by atoms with van der Waals surface area (Å²) < 4.78 is 18.4. The van der Waals surface area contributed by atoms with E-state index in [0.29, 0.717) is 32.7 Å². The van der Waals surface area contributed by atoms with E-state index in [1.54, 1.807) is 32.1 Å². The Morgan fingerprint density at radius 3 is 1.63 bits per heavy atom. The highest BCUT2D eigenvalue weighted by molar-refractivity contribution is 5.69. The van der Waals surface area contributed by atoms with Gasteiger partial charge in [0.1, 0.15) is 6.61 Å². The van der Waals surface area contributed by atoms with Gasteiger partial charge in [-0.25, -0.2) is 4.79 Å². The number of ether oxygens (including phenoxy) is 4. The summed E-state index contributed by atoms with van der Waals surface area (Å²) in [5.74, 6) is -0.141. The SMILES string of the molecule is C=CC.C=CCCC(=O)OCC.C=CCOC(=O)OCC.C=CCOCC. The van der Waals surface area contributed by atoms with Gasteiger partial charge < -0.3 is 18.9 Å². The molecule has 0 N–H and O–H groups in total. The first-order valence-corrected chi connectivity index (χ1v) is 8.87. The lowest BCUT2D eigenvalue weighted by Gasteiger charge is -1.99. The Bertz CT molecular complexity index is 338. The monoisotopic (exact) mass is 386 g/mol. The van der Waals surface area contributed by atoms with E-state index in [0.717, 1.165) is 6.61 Å². The summed E-state index contributed by atoms with van der Waals surface area (Å²) in [6, 6.07) is 0. The Morgan fingerprint density at radius 1 is 0.778 bits per heavy atom. The summed E-state index contributed by atoms with van der Waals surface area (Å²) in [5.41, 5.74) is 0. The zero-order chi connectivity index (χ0) is 21.8. The molecule has 0 aliphatic rings. The first-order chi connectivity index (χ1) is 12.9. The zero-order valence-electron chi connectivity index (χ0n) is 17.5. The molecule has 6 nitrogen and oxygen atoms in total. The minimum absolute atomic E-state index is 0.141. The predicted molar refractivity (Wildman–Crippen MR) is 112 cm³/mol. The second kappa shape index (κ2) is 34.9. The molecule has 0 radical (unpaired) electrons. The van der Waals surface area contributed by atoms with Crippen LogP contribution >= 0.6 is 0 Å². The van der Waals surface area contributed by atoms with Gasteiger partial charge in [-0.3, -0.25) is 4.79 Å². The highest BCUT2D eigenvalue weighted by Gasteiger charge is 1.97. The van der Waals surface area contributed by atoms with Gasteiger partial charge in [0.2, 0.25) is 0 Å². The summed E-state index contributed by atoms with van der Waals surface area (Å²) in [6.45, 7) is 23.5. The quantitative estimate of drug-likeness (QED) is 0.290. The molecule has 0 aromatic heterocycles. The number of allylic oxidation sites excluding steroid dienone is 2. The molecule has 0 heterocycles. The van der Waals surface area contributed by atoms with Crippen molar-refractivity contribution in [3.63, 3.8) is 0 Å². The Kier molecular flexibility index (Phi) is 41.8. The van der Waals surface area contributed by atoms with Crippen LogP contribution in [-0.2, 0) is 23.7 Å². The molecule has 0 bridgehead atoms. The maximum absolute atomic E-state index is 10.5. The van der Waals surface area contributed by atoms with E-state index in [1.165, 1.54) is 6.08 Å². The molecule has 0 fully saturated rings. The first kappa shape index (κ1) is 32.3. The Labute approximate surface area is 165 Å². The third-order valence-corrected chi connectivity index (χ3v) is 1.88. The summed E-state index contributed by atoms with van der Waals surface area (Å²) in [4.78, 5) is 20.8. The lowest BCUT2D eigenvalue weighted by molar-refractivity contribution is -0.143. The van der Waals surface area contributed by atoms with Crippen LogP contribution in [0.1, 0.15) is 40.5 Å². The first-order valence-electron chi connectivity index (χ1n) is 8.87. The van der Waals surface area contributed by atoms with E-state index >= 15 is 0 Å². The molecule has 0 saturated carbocycles. The van der Waals surface area contributed by atoms with Gasteiger partial charge in [0.25, 0.3) is 0 Å². The van der Waals surface area contributed by atoms with Crippen LogP contribution in [-0.4, -0.2) is 45.2 Å². The molecule has 0 saturated heterocycles. The third kappa shape index (κ3) is 51.6. The van der Waals surface area contributed by atoms with Gasteiger partial charge in [0.15, 0.2) is 0 Å². The van der Waals surface area contributed by atoms with E-state index in [-0.39, 0.29) is 12.6 Å². The highest BCUT2D eigenvalue weighted by Crippen LogP contribution is 1.91. The van der Waals surface area contributed by atoms with Gasteiger partial charge in [-0.05, 0) is 34.1 Å². The molecule has 0 aliphatic heterocycles. The number of carbonyl (C=O) groups excluding carboxylic acids is 2. The summed E-state index contributed by atoms with van der Waals surface area (Å²) in [5, 5.41) is 0. The molecule has 0 amide bonds. The van der Waals surface area contributed by atoms with Crippen LogP contribution in [0.5, 0.6) is 0 Å². The van der Waals surface area contributed by atoms with Gasteiger partial charge in [0, 0.05) is 13.0 Å². The Hall–Kier alpha value is -2.34. The maximum Gasteiger partial charge on any atom is 0.508 e. The van der Waals surface area contributed by atoms with Crippen molar-refractivity contribution in [1.29, 1.82) is 0 Å². The largest absolute Gasteiger partial charge is 0.508 e. The molecule has 158 valence electrons. The molecule has 27 heavy (non-hydrogen) atoms. The molecular formula is C21H38O6. The van der Waals surface area contributed by atoms with Crippen molar-refractivity contribution in [2.24, 2.45) is 0 Å². The maximum atomic E-state index is 10.5. The molecule has 0 spiro atoms. The van der Waals surface area contributed by atoms with Crippen molar-refractivity contribution in [2.75, 3.05) is 33.0 Å².